The van der Waals surface area contributed by atoms with Crippen LogP contribution < -0.4 is 5.32 Å². The lowest BCUT2D eigenvalue weighted by Gasteiger charge is -2.30. The smallest absolute Gasteiger partial charge is 0.208 e. The molecule has 0 bridgehead atoms. The number of oxazole rings is 1. The predicted octanol–water partition coefficient (Wildman–Crippen LogP) is 2.18. The molecule has 0 radical (unpaired) electrons. The second-order valence-corrected chi connectivity index (χ2v) is 5.56. The van der Waals surface area contributed by atoms with Gasteiger partial charge in [0.05, 0.1) is 12.2 Å². The molecule has 1 heterocycles. The predicted molar refractivity (Wildman–Crippen MR) is 67.8 cm³/mol. The molecule has 1 aromatic heterocycles. The molecule has 17 heavy (non-hydrogen) atoms. The summed E-state index contributed by atoms with van der Waals surface area (Å²) in [6.45, 7) is 11.1. The van der Waals surface area contributed by atoms with Gasteiger partial charge in [-0.15, -0.1) is 0 Å². The Balaban J connectivity index is 2.57. The fourth-order valence-electron chi connectivity index (χ4n) is 1.80. The third kappa shape index (κ3) is 4.13. The normalized spacial score (nSPS) is 14.0. The number of nitrogens with zero attached hydrogens (tertiary/aromatic N) is 1. The number of aliphatic hydroxyl groups is 1. The van der Waals surface area contributed by atoms with Crippen LogP contribution in [-0.2, 0) is 6.54 Å². The Morgan fingerprint density at radius 2 is 2.00 bits per heavy atom. The van der Waals surface area contributed by atoms with Gasteiger partial charge >= 0.3 is 0 Å². The second kappa shape index (κ2) is 5.65. The molecule has 0 saturated heterocycles. The molecular formula is C13H24N2O2. The summed E-state index contributed by atoms with van der Waals surface area (Å²) >= 11 is 0. The van der Waals surface area contributed by atoms with E-state index in [9.17, 15) is 0 Å². The van der Waals surface area contributed by atoms with Gasteiger partial charge in [0.2, 0.25) is 5.89 Å². The average Bonchev–Trinajstić information content (AvgIpc) is 2.51. The van der Waals surface area contributed by atoms with Crippen molar-refractivity contribution in [2.45, 2.75) is 53.6 Å². The first-order valence-electron chi connectivity index (χ1n) is 6.11. The first-order valence-corrected chi connectivity index (χ1v) is 6.11. The van der Waals surface area contributed by atoms with Crippen molar-refractivity contribution in [2.24, 2.45) is 5.41 Å². The molecule has 0 aliphatic carbocycles. The van der Waals surface area contributed by atoms with Crippen LogP contribution in [0, 0.1) is 19.3 Å². The monoisotopic (exact) mass is 240 g/mol. The van der Waals surface area contributed by atoms with Crippen LogP contribution in [0.2, 0.25) is 0 Å². The minimum Gasteiger partial charge on any atom is -0.444 e. The van der Waals surface area contributed by atoms with E-state index in [2.05, 4.69) is 31.1 Å². The zero-order valence-corrected chi connectivity index (χ0v) is 11.5. The largest absolute Gasteiger partial charge is 0.444 e. The van der Waals surface area contributed by atoms with Crippen LogP contribution in [0.4, 0.5) is 0 Å². The number of hydrogen-bond acceptors (Lipinski definition) is 4. The fraction of sp³-hybridized carbons (Fsp3) is 0.769. The van der Waals surface area contributed by atoms with E-state index in [0.717, 1.165) is 17.9 Å². The van der Waals surface area contributed by atoms with Gasteiger partial charge in [0.15, 0.2) is 0 Å². The zero-order valence-electron chi connectivity index (χ0n) is 11.5. The number of aryl methyl sites for hydroxylation is 2. The van der Waals surface area contributed by atoms with Crippen LogP contribution in [0.25, 0.3) is 0 Å². The minimum atomic E-state index is 0.111. The maximum Gasteiger partial charge on any atom is 0.208 e. The molecule has 1 aromatic rings. The van der Waals surface area contributed by atoms with Gasteiger partial charge in [0.1, 0.15) is 5.76 Å². The Morgan fingerprint density at radius 1 is 1.35 bits per heavy atom. The Morgan fingerprint density at radius 3 is 2.41 bits per heavy atom. The van der Waals surface area contributed by atoms with Crippen molar-refractivity contribution < 1.29 is 9.52 Å². The third-order valence-corrected chi connectivity index (χ3v) is 3.04. The van der Waals surface area contributed by atoms with Crippen molar-refractivity contribution in [3.05, 3.63) is 17.3 Å². The molecule has 4 nitrogen and oxygen atoms in total. The summed E-state index contributed by atoms with van der Waals surface area (Å²) in [5.74, 6) is 1.59. The molecule has 4 heteroatoms. The topological polar surface area (TPSA) is 58.3 Å². The molecule has 2 N–H and O–H groups in total. The Bertz CT molecular complexity index is 333. The molecule has 0 aliphatic rings. The van der Waals surface area contributed by atoms with E-state index in [4.69, 9.17) is 9.52 Å². The summed E-state index contributed by atoms with van der Waals surface area (Å²) in [5, 5.41) is 12.5. The van der Waals surface area contributed by atoms with Crippen LogP contribution in [0.5, 0.6) is 0 Å². The molecule has 0 fully saturated rings. The number of hydrogen-bond donors (Lipinski definition) is 2. The molecule has 98 valence electrons. The van der Waals surface area contributed by atoms with Gasteiger partial charge in [-0.1, -0.05) is 20.8 Å². The van der Waals surface area contributed by atoms with Gasteiger partial charge in [-0.25, -0.2) is 4.98 Å². The van der Waals surface area contributed by atoms with Gasteiger partial charge in [0.25, 0.3) is 0 Å². The molecule has 1 atom stereocenters. The minimum absolute atomic E-state index is 0.111. The maximum absolute atomic E-state index is 9.07. The van der Waals surface area contributed by atoms with E-state index in [-0.39, 0.29) is 18.1 Å². The van der Waals surface area contributed by atoms with E-state index in [1.807, 2.05) is 13.8 Å². The van der Waals surface area contributed by atoms with E-state index in [1.54, 1.807) is 0 Å². The second-order valence-electron chi connectivity index (χ2n) is 5.56. The summed E-state index contributed by atoms with van der Waals surface area (Å²) < 4.78 is 5.52. The molecule has 0 spiro atoms. The maximum atomic E-state index is 9.07. The summed E-state index contributed by atoms with van der Waals surface area (Å²) in [6, 6.07) is 0.250. The van der Waals surface area contributed by atoms with Crippen LogP contribution in [0.3, 0.4) is 0 Å². The Labute approximate surface area is 103 Å². The first-order chi connectivity index (χ1) is 7.84. The SMILES string of the molecule is Cc1nc(CNC(CCO)C(C)(C)C)oc1C. The van der Waals surface area contributed by atoms with E-state index in [0.29, 0.717) is 12.4 Å². The van der Waals surface area contributed by atoms with E-state index < -0.39 is 0 Å². The average molecular weight is 240 g/mol. The zero-order chi connectivity index (χ0) is 13.1. The van der Waals surface area contributed by atoms with E-state index >= 15 is 0 Å². The fourth-order valence-corrected chi connectivity index (χ4v) is 1.80. The van der Waals surface area contributed by atoms with Gasteiger partial charge in [-0.3, -0.25) is 0 Å². The molecular weight excluding hydrogens is 216 g/mol. The molecule has 0 aromatic carbocycles. The number of aromatic nitrogens is 1. The van der Waals surface area contributed by atoms with Gasteiger partial charge in [-0.05, 0) is 25.7 Å². The van der Waals surface area contributed by atoms with Crippen molar-refractivity contribution >= 4 is 0 Å². The van der Waals surface area contributed by atoms with Gasteiger partial charge in [0, 0.05) is 12.6 Å². The van der Waals surface area contributed by atoms with Crippen molar-refractivity contribution in [1.29, 1.82) is 0 Å². The van der Waals surface area contributed by atoms with Crippen molar-refractivity contribution in [1.82, 2.24) is 10.3 Å². The summed E-state index contributed by atoms with van der Waals surface area (Å²) in [7, 11) is 0. The molecule has 0 amide bonds. The summed E-state index contributed by atoms with van der Waals surface area (Å²) in [5.41, 5.74) is 1.05. The quantitative estimate of drug-likeness (QED) is 0.828. The van der Waals surface area contributed by atoms with Crippen LogP contribution in [-0.4, -0.2) is 22.7 Å². The van der Waals surface area contributed by atoms with Gasteiger partial charge < -0.3 is 14.8 Å². The van der Waals surface area contributed by atoms with Crippen molar-refractivity contribution in [2.75, 3.05) is 6.61 Å². The highest BCUT2D eigenvalue weighted by Gasteiger charge is 2.24. The Hall–Kier alpha value is -0.870. The highest BCUT2D eigenvalue weighted by atomic mass is 16.4. The van der Waals surface area contributed by atoms with E-state index in [1.165, 1.54) is 0 Å². The first kappa shape index (κ1) is 14.2. The standard InChI is InChI=1S/C13H24N2O2/c1-9-10(2)17-12(15-9)8-14-11(6-7-16)13(3,4)5/h11,14,16H,6-8H2,1-5H3. The third-order valence-electron chi connectivity index (χ3n) is 3.04. The summed E-state index contributed by atoms with van der Waals surface area (Å²) in [6.07, 6.45) is 0.738. The highest BCUT2D eigenvalue weighted by Crippen LogP contribution is 2.22. The lowest BCUT2D eigenvalue weighted by Crippen LogP contribution is -2.40. The number of nitrogens with one attached hydrogen (secondary N) is 1. The molecule has 0 saturated carbocycles. The summed E-state index contributed by atoms with van der Waals surface area (Å²) in [4.78, 5) is 4.33. The highest BCUT2D eigenvalue weighted by molar-refractivity contribution is 5.05. The van der Waals surface area contributed by atoms with Crippen LogP contribution in [0.1, 0.15) is 44.5 Å². The van der Waals surface area contributed by atoms with Crippen molar-refractivity contribution in [3.63, 3.8) is 0 Å². The molecule has 1 unspecified atom stereocenters. The lowest BCUT2D eigenvalue weighted by atomic mass is 9.85. The lowest BCUT2D eigenvalue weighted by molar-refractivity contribution is 0.193. The van der Waals surface area contributed by atoms with Crippen LogP contribution in [0.15, 0.2) is 4.42 Å². The van der Waals surface area contributed by atoms with Crippen LogP contribution >= 0.6 is 0 Å². The molecule has 1 rings (SSSR count). The van der Waals surface area contributed by atoms with Crippen molar-refractivity contribution in [3.8, 4) is 0 Å². The number of aliphatic hydroxyl groups excluding tert-OH is 1. The number of rotatable bonds is 5. The van der Waals surface area contributed by atoms with Gasteiger partial charge in [-0.2, -0.15) is 0 Å². The Kier molecular flexibility index (Phi) is 4.71. The molecule has 0 aliphatic heterocycles.